The number of para-hydroxylation sites is 3. The Bertz CT molecular complexity index is 3470. The first kappa shape index (κ1) is 31.5. The van der Waals surface area contributed by atoms with Gasteiger partial charge in [-0.25, -0.2) is 15.0 Å². The van der Waals surface area contributed by atoms with Gasteiger partial charge in [0.1, 0.15) is 11.2 Å². The van der Waals surface area contributed by atoms with E-state index in [1.165, 1.54) is 21.5 Å². The van der Waals surface area contributed by atoms with Crippen LogP contribution in [-0.4, -0.2) is 24.1 Å². The van der Waals surface area contributed by atoms with E-state index in [4.69, 9.17) is 19.4 Å². The minimum atomic E-state index is 0.622. The summed E-state index contributed by atoms with van der Waals surface area (Å²) in [4.78, 5) is 15.0. The molecule has 0 N–H and O–H groups in total. The van der Waals surface area contributed by atoms with Crippen LogP contribution in [0.15, 0.2) is 192 Å². The van der Waals surface area contributed by atoms with Crippen LogP contribution in [0, 0.1) is 0 Å². The average molecular weight is 730 g/mol. The van der Waals surface area contributed by atoms with Gasteiger partial charge in [-0.1, -0.05) is 133 Å². The van der Waals surface area contributed by atoms with Gasteiger partial charge < -0.3 is 13.6 Å². The zero-order valence-corrected chi connectivity index (χ0v) is 30.5. The number of hydrogen-bond acceptors (Lipinski definition) is 4. The van der Waals surface area contributed by atoms with Crippen LogP contribution in [0.1, 0.15) is 0 Å². The van der Waals surface area contributed by atoms with Crippen LogP contribution in [0.2, 0.25) is 0 Å². The molecule has 0 radical (unpaired) electrons. The van der Waals surface area contributed by atoms with E-state index < -0.39 is 0 Å². The maximum Gasteiger partial charge on any atom is 0.164 e. The largest absolute Gasteiger partial charge is 0.456 e. The molecule has 0 aliphatic carbocycles. The highest BCUT2D eigenvalue weighted by molar-refractivity contribution is 6.29. The van der Waals surface area contributed by atoms with Gasteiger partial charge in [0.25, 0.3) is 0 Å². The van der Waals surface area contributed by atoms with Crippen molar-refractivity contribution < 1.29 is 4.42 Å². The predicted molar refractivity (Wildman–Crippen MR) is 232 cm³/mol. The minimum Gasteiger partial charge on any atom is -0.456 e. The molecule has 57 heavy (non-hydrogen) atoms. The summed E-state index contributed by atoms with van der Waals surface area (Å²) in [6, 6.07) is 65.5. The standard InChI is InChI=1S/C51H31N5O/c1-3-15-32(16-4-1)49-52-50(33-17-5-2-6-18-33)54-51(53-49)34-19-13-20-35(31-34)55-39-24-10-7-21-36(39)47-42(55)29-30-43-48(47)37-22-8-11-25-40(37)56(43)41-26-14-28-45-46(41)38-23-9-12-27-44(38)57-45/h1-31H. The normalized spacial score (nSPS) is 11.9. The molecule has 0 saturated carbocycles. The second-order valence-corrected chi connectivity index (χ2v) is 14.4. The van der Waals surface area contributed by atoms with Crippen LogP contribution in [-0.2, 0) is 0 Å². The summed E-state index contributed by atoms with van der Waals surface area (Å²) in [5, 5.41) is 7.04. The molecule has 8 aromatic carbocycles. The van der Waals surface area contributed by atoms with Crippen molar-refractivity contribution in [2.75, 3.05) is 0 Å². The van der Waals surface area contributed by atoms with Gasteiger partial charge in [-0.2, -0.15) is 0 Å². The number of furan rings is 1. The summed E-state index contributed by atoms with van der Waals surface area (Å²) < 4.78 is 11.2. The lowest BCUT2D eigenvalue weighted by Crippen LogP contribution is -2.01. The number of rotatable bonds is 5. The quantitative estimate of drug-likeness (QED) is 0.177. The molecular formula is C51H31N5O. The molecule has 6 heteroatoms. The molecule has 0 unspecified atom stereocenters. The molecule has 266 valence electrons. The van der Waals surface area contributed by atoms with Gasteiger partial charge in [0.2, 0.25) is 0 Å². The first-order valence-electron chi connectivity index (χ1n) is 19.1. The fraction of sp³-hybridized carbons (Fsp3) is 0. The van der Waals surface area contributed by atoms with E-state index in [2.05, 4.69) is 124 Å². The van der Waals surface area contributed by atoms with Crippen molar-refractivity contribution in [1.29, 1.82) is 0 Å². The van der Waals surface area contributed by atoms with Crippen LogP contribution in [0.5, 0.6) is 0 Å². The summed E-state index contributed by atoms with van der Waals surface area (Å²) >= 11 is 0. The van der Waals surface area contributed by atoms with Gasteiger partial charge in [-0.05, 0) is 54.6 Å². The fourth-order valence-electron chi connectivity index (χ4n) is 8.72. The molecule has 0 aliphatic rings. The van der Waals surface area contributed by atoms with E-state index in [1.54, 1.807) is 0 Å². The Morgan fingerprint density at radius 2 is 0.825 bits per heavy atom. The molecule has 12 rings (SSSR count). The third-order valence-electron chi connectivity index (χ3n) is 11.2. The summed E-state index contributed by atoms with van der Waals surface area (Å²) in [7, 11) is 0. The third kappa shape index (κ3) is 4.81. The molecule has 0 fully saturated rings. The second kappa shape index (κ2) is 12.3. The highest BCUT2D eigenvalue weighted by Crippen LogP contribution is 2.44. The molecule has 0 saturated heterocycles. The molecule has 6 nitrogen and oxygen atoms in total. The third-order valence-corrected chi connectivity index (χ3v) is 11.2. The van der Waals surface area contributed by atoms with Crippen LogP contribution < -0.4 is 0 Å². The molecule has 0 aliphatic heterocycles. The van der Waals surface area contributed by atoms with Gasteiger partial charge in [-0.3, -0.25) is 0 Å². The zero-order valence-electron chi connectivity index (χ0n) is 30.5. The zero-order chi connectivity index (χ0) is 37.5. The van der Waals surface area contributed by atoms with E-state index >= 15 is 0 Å². The van der Waals surface area contributed by atoms with Crippen molar-refractivity contribution in [3.63, 3.8) is 0 Å². The van der Waals surface area contributed by atoms with Crippen molar-refractivity contribution in [1.82, 2.24) is 24.1 Å². The van der Waals surface area contributed by atoms with Crippen LogP contribution >= 0.6 is 0 Å². The van der Waals surface area contributed by atoms with Crippen LogP contribution in [0.4, 0.5) is 0 Å². The molecule has 4 heterocycles. The van der Waals surface area contributed by atoms with E-state index in [-0.39, 0.29) is 0 Å². The second-order valence-electron chi connectivity index (χ2n) is 14.4. The van der Waals surface area contributed by atoms with Crippen molar-refractivity contribution in [3.8, 4) is 45.5 Å². The topological polar surface area (TPSA) is 61.7 Å². The fourth-order valence-corrected chi connectivity index (χ4v) is 8.72. The molecule has 12 aromatic rings. The Balaban J connectivity index is 1.11. The number of fused-ring (bicyclic) bond motifs is 10. The Morgan fingerprint density at radius 3 is 1.49 bits per heavy atom. The highest BCUT2D eigenvalue weighted by atomic mass is 16.3. The lowest BCUT2D eigenvalue weighted by Gasteiger charge is -2.12. The number of benzene rings is 8. The lowest BCUT2D eigenvalue weighted by atomic mass is 10.1. The van der Waals surface area contributed by atoms with Crippen LogP contribution in [0.3, 0.4) is 0 Å². The van der Waals surface area contributed by atoms with Gasteiger partial charge in [0, 0.05) is 49.3 Å². The first-order valence-corrected chi connectivity index (χ1v) is 19.1. The molecular weight excluding hydrogens is 699 g/mol. The molecule has 0 spiro atoms. The van der Waals surface area contributed by atoms with Gasteiger partial charge in [0.05, 0.1) is 33.1 Å². The van der Waals surface area contributed by atoms with Crippen molar-refractivity contribution >= 4 is 65.6 Å². The van der Waals surface area contributed by atoms with E-state index in [1.807, 2.05) is 72.8 Å². The Morgan fingerprint density at radius 1 is 0.333 bits per heavy atom. The minimum absolute atomic E-state index is 0.622. The molecule has 0 atom stereocenters. The summed E-state index contributed by atoms with van der Waals surface area (Å²) in [5.74, 6) is 1.90. The summed E-state index contributed by atoms with van der Waals surface area (Å²) in [6.45, 7) is 0. The van der Waals surface area contributed by atoms with Crippen molar-refractivity contribution in [2.45, 2.75) is 0 Å². The predicted octanol–water partition coefficient (Wildman–Crippen LogP) is 13.0. The summed E-state index contributed by atoms with van der Waals surface area (Å²) in [6.07, 6.45) is 0. The smallest absolute Gasteiger partial charge is 0.164 e. The lowest BCUT2D eigenvalue weighted by molar-refractivity contribution is 0.669. The van der Waals surface area contributed by atoms with Crippen molar-refractivity contribution in [2.24, 2.45) is 0 Å². The maximum atomic E-state index is 6.37. The van der Waals surface area contributed by atoms with Gasteiger partial charge in [-0.15, -0.1) is 0 Å². The molecule has 4 aromatic heterocycles. The van der Waals surface area contributed by atoms with Crippen molar-refractivity contribution in [3.05, 3.63) is 188 Å². The monoisotopic (exact) mass is 729 g/mol. The SMILES string of the molecule is c1ccc(-c2nc(-c3ccccc3)nc(-c3cccc(-n4c5ccccc5c5c6c7ccccc7n(-c7cccc8oc9ccccc9c78)c6ccc54)c3)n2)cc1. The van der Waals surface area contributed by atoms with E-state index in [9.17, 15) is 0 Å². The van der Waals surface area contributed by atoms with Gasteiger partial charge >= 0.3 is 0 Å². The summed E-state index contributed by atoms with van der Waals surface area (Å²) in [5.41, 5.74) is 11.2. The first-order chi connectivity index (χ1) is 28.3. The van der Waals surface area contributed by atoms with E-state index in [0.29, 0.717) is 17.5 Å². The number of hydrogen-bond donors (Lipinski definition) is 0. The van der Waals surface area contributed by atoms with Gasteiger partial charge in [0.15, 0.2) is 17.5 Å². The highest BCUT2D eigenvalue weighted by Gasteiger charge is 2.23. The Hall–Kier alpha value is -7.83. The average Bonchev–Trinajstić information content (AvgIpc) is 3.95. The maximum absolute atomic E-state index is 6.37. The number of aromatic nitrogens is 5. The Kier molecular flexibility index (Phi) is 6.83. The van der Waals surface area contributed by atoms with Crippen LogP contribution in [0.25, 0.3) is 111 Å². The van der Waals surface area contributed by atoms with E-state index in [0.717, 1.165) is 72.1 Å². The Labute approximate surface area is 326 Å². The number of nitrogens with zero attached hydrogens (tertiary/aromatic N) is 5. The molecule has 0 amide bonds. The molecule has 0 bridgehead atoms.